The summed E-state index contributed by atoms with van der Waals surface area (Å²) in [7, 11) is 0. The number of carboxylic acid groups (broad SMARTS) is 1. The largest absolute Gasteiger partial charge is 0.479 e. The predicted octanol–water partition coefficient (Wildman–Crippen LogP) is 4.57. The molecular weight excluding hydrogens is 538 g/mol. The van der Waals surface area contributed by atoms with Crippen LogP contribution in [0.25, 0.3) is 0 Å². The molecule has 1 rings (SSSR count). The van der Waals surface area contributed by atoms with Crippen molar-refractivity contribution in [2.24, 2.45) is 10.4 Å². The Labute approximate surface area is 240 Å². The number of nitrogens with zero attached hydrogens (tertiary/aromatic N) is 4. The zero-order chi connectivity index (χ0) is 32.2. The minimum atomic E-state index is -2.30. The van der Waals surface area contributed by atoms with Crippen molar-refractivity contribution in [1.29, 1.82) is 0 Å². The molecule has 4 amide bonds. The summed E-state index contributed by atoms with van der Waals surface area (Å²) in [4.78, 5) is 70.0. The van der Waals surface area contributed by atoms with Gasteiger partial charge in [-0.2, -0.15) is 10.00 Å². The lowest BCUT2D eigenvalue weighted by Gasteiger charge is -2.42. The highest BCUT2D eigenvalue weighted by molar-refractivity contribution is 6.13. The molecule has 14 nitrogen and oxygen atoms in total. The number of carboxylic acids is 1. The molecule has 0 aliphatic carbocycles. The molecule has 1 aromatic heterocycles. The molecule has 41 heavy (non-hydrogen) atoms. The Bertz CT molecular complexity index is 1160. The number of alkyl carbamates (subject to hydrolysis) is 1. The van der Waals surface area contributed by atoms with E-state index in [4.69, 9.17) is 14.2 Å². The first kappa shape index (κ1) is 35.1. The van der Waals surface area contributed by atoms with E-state index in [9.17, 15) is 29.1 Å². The molecular formula is C27H43N5O9. The summed E-state index contributed by atoms with van der Waals surface area (Å²) < 4.78 is 16.9. The first-order valence-corrected chi connectivity index (χ1v) is 12.9. The van der Waals surface area contributed by atoms with Crippen molar-refractivity contribution in [3.8, 4) is 0 Å². The van der Waals surface area contributed by atoms with Gasteiger partial charge in [0.25, 0.3) is 0 Å². The summed E-state index contributed by atoms with van der Waals surface area (Å²) >= 11 is 0. The van der Waals surface area contributed by atoms with Gasteiger partial charge in [0.2, 0.25) is 11.9 Å². The third-order valence-electron chi connectivity index (χ3n) is 5.10. The highest BCUT2D eigenvalue weighted by Gasteiger charge is 2.54. The fourth-order valence-electron chi connectivity index (χ4n) is 3.29. The van der Waals surface area contributed by atoms with Gasteiger partial charge < -0.3 is 24.6 Å². The summed E-state index contributed by atoms with van der Waals surface area (Å²) in [5.41, 5.74) is -6.67. The fourth-order valence-corrected chi connectivity index (χ4v) is 3.29. The standard InChI is InChI=1S/C27H43N5O9/c1-23(2,3)27(18(34)35,30-21(37)40-25(7,8)9)16-17(33)32(22(38)41-26(10,11)12)19(31-15-13-14-28-31)29-20(36)39-24(4,5)6/h13-15H,16H2,1-12H3,(H,30,37)(H,34,35)/t27-/m1/s1. The third-order valence-corrected chi connectivity index (χ3v) is 5.10. The number of aliphatic imine (C=N–C) groups is 1. The average molecular weight is 582 g/mol. The van der Waals surface area contributed by atoms with E-state index >= 15 is 0 Å². The SMILES string of the molecule is CC(C)(C)OC(=O)N=C(N(C(=O)C[C@@](NC(=O)OC(C)(C)C)(C(=O)O)C(C)(C)C)C(=O)OC(C)(C)C)n1cccn1. The van der Waals surface area contributed by atoms with Gasteiger partial charge in [0, 0.05) is 12.4 Å². The first-order chi connectivity index (χ1) is 18.3. The van der Waals surface area contributed by atoms with Crippen LogP contribution in [0.15, 0.2) is 23.5 Å². The van der Waals surface area contributed by atoms with Crippen molar-refractivity contribution in [2.45, 2.75) is 112 Å². The predicted molar refractivity (Wildman–Crippen MR) is 148 cm³/mol. The maximum atomic E-state index is 14.0. The van der Waals surface area contributed by atoms with Gasteiger partial charge in [-0.25, -0.2) is 23.9 Å². The van der Waals surface area contributed by atoms with Crippen LogP contribution >= 0.6 is 0 Å². The number of ether oxygens (including phenoxy) is 3. The fraction of sp³-hybridized carbons (Fsp3) is 0.667. The Morgan fingerprint density at radius 2 is 1.37 bits per heavy atom. The number of carbonyl (C=O) groups is 5. The van der Waals surface area contributed by atoms with Crippen LogP contribution in [-0.4, -0.2) is 78.2 Å². The van der Waals surface area contributed by atoms with Gasteiger partial charge in [0.05, 0.1) is 6.42 Å². The second-order valence-electron chi connectivity index (χ2n) is 13.3. The minimum Gasteiger partial charge on any atom is -0.479 e. The summed E-state index contributed by atoms with van der Waals surface area (Å²) in [6.45, 7) is 18.7. The molecule has 0 aliphatic heterocycles. The lowest BCUT2D eigenvalue weighted by Crippen LogP contribution is -2.65. The van der Waals surface area contributed by atoms with E-state index < -0.39 is 70.3 Å². The quantitative estimate of drug-likeness (QED) is 0.291. The van der Waals surface area contributed by atoms with Crippen LogP contribution in [0.1, 0.15) is 89.5 Å². The second kappa shape index (κ2) is 12.3. The van der Waals surface area contributed by atoms with Gasteiger partial charge in [-0.05, 0) is 73.8 Å². The van der Waals surface area contributed by atoms with Gasteiger partial charge in [-0.15, -0.1) is 4.99 Å². The first-order valence-electron chi connectivity index (χ1n) is 12.9. The minimum absolute atomic E-state index is 0.391. The molecule has 2 N–H and O–H groups in total. The summed E-state index contributed by atoms with van der Waals surface area (Å²) in [6, 6.07) is 1.45. The molecule has 0 aliphatic rings. The van der Waals surface area contributed by atoms with Crippen LogP contribution in [0.3, 0.4) is 0 Å². The van der Waals surface area contributed by atoms with Crippen molar-refractivity contribution in [3.05, 3.63) is 18.5 Å². The van der Waals surface area contributed by atoms with E-state index in [0.29, 0.717) is 4.90 Å². The van der Waals surface area contributed by atoms with Crippen LogP contribution in [-0.2, 0) is 23.8 Å². The van der Waals surface area contributed by atoms with Crippen molar-refractivity contribution in [2.75, 3.05) is 0 Å². The van der Waals surface area contributed by atoms with Crippen LogP contribution in [0.5, 0.6) is 0 Å². The summed E-state index contributed by atoms with van der Waals surface area (Å²) in [6.07, 6.45) is -1.88. The van der Waals surface area contributed by atoms with E-state index in [0.717, 1.165) is 4.68 Å². The van der Waals surface area contributed by atoms with Crippen molar-refractivity contribution < 1.29 is 43.3 Å². The molecule has 0 saturated carbocycles. The number of hydrogen-bond acceptors (Lipinski definition) is 9. The molecule has 230 valence electrons. The molecule has 0 saturated heterocycles. The molecule has 14 heteroatoms. The highest BCUT2D eigenvalue weighted by atomic mass is 16.6. The van der Waals surface area contributed by atoms with Crippen LogP contribution in [0, 0.1) is 5.41 Å². The molecule has 0 unspecified atom stereocenters. The van der Waals surface area contributed by atoms with E-state index in [1.54, 1.807) is 62.3 Å². The molecule has 0 radical (unpaired) electrons. The number of aliphatic carboxylic acids is 1. The number of imide groups is 1. The lowest BCUT2D eigenvalue weighted by atomic mass is 9.71. The monoisotopic (exact) mass is 581 g/mol. The van der Waals surface area contributed by atoms with Crippen molar-refractivity contribution >= 4 is 36.1 Å². The average Bonchev–Trinajstić information content (AvgIpc) is 3.22. The summed E-state index contributed by atoms with van der Waals surface area (Å²) in [5, 5.41) is 16.7. The number of amides is 4. The van der Waals surface area contributed by atoms with E-state index in [1.807, 2.05) is 0 Å². The molecule has 0 bridgehead atoms. The van der Waals surface area contributed by atoms with Crippen molar-refractivity contribution in [1.82, 2.24) is 20.0 Å². The molecule has 0 fully saturated rings. The maximum Gasteiger partial charge on any atom is 0.437 e. The Hall–Kier alpha value is -3.97. The Kier molecular flexibility index (Phi) is 10.5. The van der Waals surface area contributed by atoms with E-state index in [1.165, 1.54) is 39.2 Å². The zero-order valence-electron chi connectivity index (χ0n) is 25.9. The highest BCUT2D eigenvalue weighted by Crippen LogP contribution is 2.35. The van der Waals surface area contributed by atoms with Gasteiger partial charge >= 0.3 is 24.2 Å². The van der Waals surface area contributed by atoms with Gasteiger partial charge in [-0.1, -0.05) is 20.8 Å². The molecule has 1 heterocycles. The van der Waals surface area contributed by atoms with Crippen molar-refractivity contribution in [3.63, 3.8) is 0 Å². The van der Waals surface area contributed by atoms with E-state index in [-0.39, 0.29) is 0 Å². The maximum absolute atomic E-state index is 14.0. The molecule has 1 aromatic rings. The third kappa shape index (κ3) is 10.5. The number of rotatable bonds is 4. The second-order valence-corrected chi connectivity index (χ2v) is 13.3. The van der Waals surface area contributed by atoms with Crippen LogP contribution in [0.4, 0.5) is 14.4 Å². The Morgan fingerprint density at radius 3 is 1.76 bits per heavy atom. The van der Waals surface area contributed by atoms with Gasteiger partial charge in [-0.3, -0.25) is 4.79 Å². The smallest absolute Gasteiger partial charge is 0.437 e. The molecule has 0 aromatic carbocycles. The zero-order valence-corrected chi connectivity index (χ0v) is 25.9. The van der Waals surface area contributed by atoms with Crippen LogP contribution < -0.4 is 5.32 Å². The molecule has 0 spiro atoms. The number of aromatic nitrogens is 2. The number of hydrogen-bond donors (Lipinski definition) is 2. The van der Waals surface area contributed by atoms with Crippen LogP contribution in [0.2, 0.25) is 0 Å². The molecule has 1 atom stereocenters. The Balaban J connectivity index is 3.83. The summed E-state index contributed by atoms with van der Waals surface area (Å²) in [5.74, 6) is -3.38. The van der Waals surface area contributed by atoms with E-state index in [2.05, 4.69) is 15.4 Å². The Morgan fingerprint density at radius 1 is 0.854 bits per heavy atom. The number of carbonyl (C=O) groups excluding carboxylic acids is 4. The normalized spacial score (nSPS) is 14.4. The van der Waals surface area contributed by atoms with Gasteiger partial charge in [0.1, 0.15) is 16.8 Å². The van der Waals surface area contributed by atoms with Gasteiger partial charge in [0.15, 0.2) is 5.54 Å². The number of nitrogens with one attached hydrogen (secondary N) is 1. The topological polar surface area (TPSA) is 179 Å². The lowest BCUT2D eigenvalue weighted by molar-refractivity contribution is -0.154.